The van der Waals surface area contributed by atoms with Gasteiger partial charge in [-0.25, -0.2) is 4.79 Å². The van der Waals surface area contributed by atoms with E-state index in [1.807, 2.05) is 54.6 Å². The summed E-state index contributed by atoms with van der Waals surface area (Å²) in [6, 6.07) is 17.7. The number of hydrogen-bond acceptors (Lipinski definition) is 3. The Balaban J connectivity index is 2.03. The first-order chi connectivity index (χ1) is 9.81. The molecule has 102 valence electrons. The number of para-hydroxylation sites is 1. The Bertz CT molecular complexity index is 607. The van der Waals surface area contributed by atoms with Gasteiger partial charge in [-0.3, -0.25) is 0 Å². The van der Waals surface area contributed by atoms with E-state index >= 15 is 0 Å². The monoisotopic (exact) mass is 268 g/mol. The maximum absolute atomic E-state index is 12.2. The van der Waals surface area contributed by atoms with Gasteiger partial charge in [-0.05, 0) is 18.6 Å². The molecule has 0 radical (unpaired) electrons. The SMILES string of the molecule is CCOC(=O)[C@@H]1Oc2ccccc2[C@H]1c1ccccc1. The fourth-order valence-corrected chi connectivity index (χ4v) is 2.64. The molecule has 2 atom stereocenters. The highest BCUT2D eigenvalue weighted by atomic mass is 16.6. The molecular formula is C17H16O3. The van der Waals surface area contributed by atoms with Crippen molar-refractivity contribution in [1.29, 1.82) is 0 Å². The Kier molecular flexibility index (Phi) is 3.42. The van der Waals surface area contributed by atoms with Crippen LogP contribution < -0.4 is 4.74 Å². The molecule has 0 saturated carbocycles. The minimum atomic E-state index is -0.602. The van der Waals surface area contributed by atoms with Crippen molar-refractivity contribution in [1.82, 2.24) is 0 Å². The molecular weight excluding hydrogens is 252 g/mol. The molecule has 3 heteroatoms. The van der Waals surface area contributed by atoms with Crippen molar-refractivity contribution in [3.05, 3.63) is 65.7 Å². The molecule has 0 unspecified atom stereocenters. The molecule has 0 aromatic heterocycles. The second-order valence-corrected chi connectivity index (χ2v) is 4.72. The lowest BCUT2D eigenvalue weighted by Gasteiger charge is -2.17. The van der Waals surface area contributed by atoms with Crippen LogP contribution in [0.5, 0.6) is 5.75 Å². The first kappa shape index (κ1) is 12.7. The third-order valence-corrected chi connectivity index (χ3v) is 3.49. The van der Waals surface area contributed by atoms with Crippen LogP contribution in [-0.2, 0) is 9.53 Å². The zero-order valence-electron chi connectivity index (χ0n) is 11.3. The third kappa shape index (κ3) is 2.16. The van der Waals surface area contributed by atoms with E-state index in [0.717, 1.165) is 16.9 Å². The van der Waals surface area contributed by atoms with Gasteiger partial charge in [-0.1, -0.05) is 48.5 Å². The second kappa shape index (κ2) is 5.37. The van der Waals surface area contributed by atoms with Crippen LogP contribution in [0, 0.1) is 0 Å². The predicted octanol–water partition coefficient (Wildman–Crippen LogP) is 3.14. The van der Waals surface area contributed by atoms with Crippen molar-refractivity contribution in [2.75, 3.05) is 6.61 Å². The van der Waals surface area contributed by atoms with Crippen molar-refractivity contribution in [3.63, 3.8) is 0 Å². The normalized spacial score (nSPS) is 20.1. The average molecular weight is 268 g/mol. The third-order valence-electron chi connectivity index (χ3n) is 3.49. The molecule has 0 fully saturated rings. The molecule has 1 aliphatic rings. The molecule has 3 rings (SSSR count). The Labute approximate surface area is 118 Å². The number of rotatable bonds is 3. The summed E-state index contributed by atoms with van der Waals surface area (Å²) in [6.45, 7) is 2.16. The van der Waals surface area contributed by atoms with Crippen molar-refractivity contribution < 1.29 is 14.3 Å². The van der Waals surface area contributed by atoms with E-state index < -0.39 is 6.10 Å². The fraction of sp³-hybridized carbons (Fsp3) is 0.235. The van der Waals surface area contributed by atoms with Crippen LogP contribution in [0.4, 0.5) is 0 Å². The average Bonchev–Trinajstić information content (AvgIpc) is 2.88. The molecule has 0 aliphatic carbocycles. The summed E-state index contributed by atoms with van der Waals surface area (Å²) >= 11 is 0. The predicted molar refractivity (Wildman–Crippen MR) is 75.8 cm³/mol. The number of ether oxygens (including phenoxy) is 2. The zero-order chi connectivity index (χ0) is 13.9. The molecule has 20 heavy (non-hydrogen) atoms. The molecule has 1 heterocycles. The minimum Gasteiger partial charge on any atom is -0.477 e. The standard InChI is InChI=1S/C17H16O3/c1-2-19-17(18)16-15(12-8-4-3-5-9-12)13-10-6-7-11-14(13)20-16/h3-11,15-16H,2H2,1H3/t15-,16-/m1/s1. The number of carbonyl (C=O) groups is 1. The van der Waals surface area contributed by atoms with Crippen molar-refractivity contribution >= 4 is 5.97 Å². The van der Waals surface area contributed by atoms with Crippen molar-refractivity contribution in [3.8, 4) is 5.75 Å². The molecule has 2 aromatic rings. The van der Waals surface area contributed by atoms with Crippen molar-refractivity contribution in [2.45, 2.75) is 18.9 Å². The Morgan fingerprint density at radius 2 is 1.80 bits per heavy atom. The van der Waals surface area contributed by atoms with Gasteiger partial charge in [0, 0.05) is 5.56 Å². The van der Waals surface area contributed by atoms with Gasteiger partial charge in [0.1, 0.15) is 5.75 Å². The number of benzene rings is 2. The van der Waals surface area contributed by atoms with E-state index in [4.69, 9.17) is 9.47 Å². The summed E-state index contributed by atoms with van der Waals surface area (Å²) in [4.78, 5) is 12.2. The van der Waals surface area contributed by atoms with E-state index in [0.29, 0.717) is 6.61 Å². The number of fused-ring (bicyclic) bond motifs is 1. The van der Waals surface area contributed by atoms with Crippen LogP contribution in [0.3, 0.4) is 0 Å². The summed E-state index contributed by atoms with van der Waals surface area (Å²) in [5.41, 5.74) is 2.10. The highest BCUT2D eigenvalue weighted by Gasteiger charge is 2.41. The maximum atomic E-state index is 12.2. The Morgan fingerprint density at radius 1 is 1.10 bits per heavy atom. The molecule has 3 nitrogen and oxygen atoms in total. The van der Waals surface area contributed by atoms with Gasteiger partial charge in [-0.2, -0.15) is 0 Å². The number of hydrogen-bond donors (Lipinski definition) is 0. The lowest BCUT2D eigenvalue weighted by Crippen LogP contribution is -2.31. The number of carbonyl (C=O) groups excluding carboxylic acids is 1. The molecule has 1 aliphatic heterocycles. The second-order valence-electron chi connectivity index (χ2n) is 4.72. The van der Waals surface area contributed by atoms with Gasteiger partial charge >= 0.3 is 5.97 Å². The van der Waals surface area contributed by atoms with Crippen LogP contribution in [-0.4, -0.2) is 18.7 Å². The van der Waals surface area contributed by atoms with Gasteiger partial charge in [0.05, 0.1) is 12.5 Å². The molecule has 0 spiro atoms. The highest BCUT2D eigenvalue weighted by molar-refractivity contribution is 5.79. The lowest BCUT2D eigenvalue weighted by atomic mass is 9.88. The molecule has 0 bridgehead atoms. The molecule has 0 N–H and O–H groups in total. The smallest absolute Gasteiger partial charge is 0.348 e. The van der Waals surface area contributed by atoms with Gasteiger partial charge in [0.2, 0.25) is 6.10 Å². The first-order valence-electron chi connectivity index (χ1n) is 6.78. The van der Waals surface area contributed by atoms with E-state index in [-0.39, 0.29) is 11.9 Å². The van der Waals surface area contributed by atoms with Crippen LogP contribution >= 0.6 is 0 Å². The van der Waals surface area contributed by atoms with Gasteiger partial charge in [0.25, 0.3) is 0 Å². The van der Waals surface area contributed by atoms with Gasteiger partial charge in [-0.15, -0.1) is 0 Å². The van der Waals surface area contributed by atoms with E-state index in [9.17, 15) is 4.79 Å². The molecule has 2 aromatic carbocycles. The van der Waals surface area contributed by atoms with Crippen LogP contribution in [0.25, 0.3) is 0 Å². The van der Waals surface area contributed by atoms with Crippen LogP contribution in [0.2, 0.25) is 0 Å². The zero-order valence-corrected chi connectivity index (χ0v) is 11.3. The quantitative estimate of drug-likeness (QED) is 0.802. The van der Waals surface area contributed by atoms with E-state index in [1.54, 1.807) is 6.92 Å². The summed E-state index contributed by atoms with van der Waals surface area (Å²) in [5, 5.41) is 0. The summed E-state index contributed by atoms with van der Waals surface area (Å²) in [5.74, 6) is 0.350. The lowest BCUT2D eigenvalue weighted by molar-refractivity contribution is -0.151. The van der Waals surface area contributed by atoms with Gasteiger partial charge < -0.3 is 9.47 Å². The van der Waals surface area contributed by atoms with Crippen LogP contribution in [0.15, 0.2) is 54.6 Å². The highest BCUT2D eigenvalue weighted by Crippen LogP contribution is 2.42. The molecule has 0 amide bonds. The fourth-order valence-electron chi connectivity index (χ4n) is 2.64. The van der Waals surface area contributed by atoms with Gasteiger partial charge in [0.15, 0.2) is 0 Å². The summed E-state index contributed by atoms with van der Waals surface area (Å²) < 4.78 is 11.0. The largest absolute Gasteiger partial charge is 0.477 e. The van der Waals surface area contributed by atoms with E-state index in [1.165, 1.54) is 0 Å². The Hall–Kier alpha value is -2.29. The topological polar surface area (TPSA) is 35.5 Å². The van der Waals surface area contributed by atoms with Crippen LogP contribution in [0.1, 0.15) is 24.0 Å². The molecule has 0 saturated heterocycles. The maximum Gasteiger partial charge on any atom is 0.348 e. The van der Waals surface area contributed by atoms with Crippen molar-refractivity contribution in [2.24, 2.45) is 0 Å². The Morgan fingerprint density at radius 3 is 2.55 bits per heavy atom. The van der Waals surface area contributed by atoms with E-state index in [2.05, 4.69) is 0 Å². The minimum absolute atomic E-state index is 0.105. The first-order valence-corrected chi connectivity index (χ1v) is 6.78. The summed E-state index contributed by atoms with van der Waals surface area (Å²) in [6.07, 6.45) is -0.602. The number of esters is 1. The summed E-state index contributed by atoms with van der Waals surface area (Å²) in [7, 11) is 0.